The van der Waals surface area contributed by atoms with Crippen LogP contribution in [0.3, 0.4) is 0 Å². The molecule has 1 heterocycles. The number of anilines is 1. The fourth-order valence-corrected chi connectivity index (χ4v) is 4.93. The van der Waals surface area contributed by atoms with Crippen molar-refractivity contribution in [2.24, 2.45) is 11.8 Å². The second kappa shape index (κ2) is 8.43. The number of carbonyl (C=O) groups is 1. The van der Waals surface area contributed by atoms with Crippen LogP contribution in [0.5, 0.6) is 0 Å². The van der Waals surface area contributed by atoms with E-state index >= 15 is 0 Å². The van der Waals surface area contributed by atoms with Gasteiger partial charge >= 0.3 is 12.1 Å². The molecule has 1 fully saturated rings. The lowest BCUT2D eigenvalue weighted by molar-refractivity contribution is -0.125. The molecule has 1 N–H and O–H groups in total. The molecule has 0 bridgehead atoms. The first kappa shape index (κ1) is 20.8. The van der Waals surface area contributed by atoms with E-state index in [1.807, 2.05) is 22.6 Å². The zero-order valence-electron chi connectivity index (χ0n) is 14.0. The summed E-state index contributed by atoms with van der Waals surface area (Å²) in [5.41, 5.74) is 0.0877. The van der Waals surface area contributed by atoms with E-state index in [2.05, 4.69) is 11.7 Å². The van der Waals surface area contributed by atoms with Gasteiger partial charge < -0.3 is 14.7 Å². The Balaban J connectivity index is 2.35. The molecule has 142 valence electrons. The lowest BCUT2D eigenvalue weighted by Crippen LogP contribution is -2.47. The summed E-state index contributed by atoms with van der Waals surface area (Å²) < 4.78 is 44.8. The number of aliphatic hydroxyl groups is 1. The average Bonchev–Trinajstić information content (AvgIpc) is 2.93. The minimum Gasteiger partial charge on any atom is -0.465 e. The highest BCUT2D eigenvalue weighted by Crippen LogP contribution is 2.38. The van der Waals surface area contributed by atoms with Crippen molar-refractivity contribution in [3.05, 3.63) is 13.8 Å². The van der Waals surface area contributed by atoms with E-state index in [9.17, 15) is 23.1 Å². The quantitative estimate of drug-likeness (QED) is 0.370. The van der Waals surface area contributed by atoms with Crippen LogP contribution in [-0.2, 0) is 4.74 Å². The molecule has 9 heteroatoms. The van der Waals surface area contributed by atoms with Gasteiger partial charge in [0.2, 0.25) is 0 Å². The van der Waals surface area contributed by atoms with Crippen molar-refractivity contribution in [2.45, 2.75) is 45.0 Å². The minimum absolute atomic E-state index is 0.0828. The number of aliphatic hydroxyl groups excluding tert-OH is 1. The second-order valence-electron chi connectivity index (χ2n) is 6.43. The van der Waals surface area contributed by atoms with Gasteiger partial charge in [0, 0.05) is 5.92 Å². The molecule has 0 amide bonds. The molecule has 1 aromatic heterocycles. The van der Waals surface area contributed by atoms with E-state index in [0.29, 0.717) is 21.6 Å². The maximum Gasteiger partial charge on any atom is 0.406 e. The zero-order chi connectivity index (χ0) is 18.8. The van der Waals surface area contributed by atoms with Gasteiger partial charge in [-0.1, -0.05) is 19.8 Å². The fourth-order valence-electron chi connectivity index (χ4n) is 3.16. The second-order valence-corrected chi connectivity index (χ2v) is 9.38. The van der Waals surface area contributed by atoms with Gasteiger partial charge in [-0.2, -0.15) is 13.2 Å². The highest BCUT2D eigenvalue weighted by molar-refractivity contribution is 14.1. The number of alkyl halides is 3. The number of thiophene rings is 1. The Kier molecular flexibility index (Phi) is 7.00. The van der Waals surface area contributed by atoms with E-state index in [1.165, 1.54) is 13.2 Å². The lowest BCUT2D eigenvalue weighted by Gasteiger charge is -2.38. The van der Waals surface area contributed by atoms with E-state index < -0.39 is 24.9 Å². The monoisotopic (exact) mass is 491 g/mol. The molecule has 0 aliphatic heterocycles. The minimum atomic E-state index is -4.50. The summed E-state index contributed by atoms with van der Waals surface area (Å²) in [6.07, 6.45) is -2.68. The van der Waals surface area contributed by atoms with Gasteiger partial charge in [0.25, 0.3) is 0 Å². The van der Waals surface area contributed by atoms with E-state index in [-0.39, 0.29) is 16.5 Å². The molecule has 1 atom stereocenters. The predicted octanol–water partition coefficient (Wildman–Crippen LogP) is 4.65. The number of hydrogen-bond acceptors (Lipinski definition) is 5. The van der Waals surface area contributed by atoms with Crippen LogP contribution in [0.1, 0.15) is 42.3 Å². The Bertz CT molecular complexity index is 600. The van der Waals surface area contributed by atoms with Gasteiger partial charge in [0.05, 0.1) is 15.7 Å². The Hall–Kier alpha value is -0.550. The summed E-state index contributed by atoms with van der Waals surface area (Å²) in [6.45, 7) is 0.795. The number of carbonyl (C=O) groups excluding carboxylic acids is 1. The fraction of sp³-hybridized carbons (Fsp3) is 0.688. The van der Waals surface area contributed by atoms with Crippen molar-refractivity contribution in [1.29, 1.82) is 0 Å². The first-order valence-electron chi connectivity index (χ1n) is 8.01. The third kappa shape index (κ3) is 5.46. The number of hydrogen-bond donors (Lipinski definition) is 1. The maximum atomic E-state index is 13.1. The lowest BCUT2D eigenvalue weighted by atomic mass is 9.81. The topological polar surface area (TPSA) is 49.8 Å². The molecule has 1 saturated carbocycles. The van der Waals surface area contributed by atoms with Gasteiger partial charge in [-0.3, -0.25) is 0 Å². The molecule has 2 rings (SSSR count). The highest BCUT2D eigenvalue weighted by Gasteiger charge is 2.39. The molecular weight excluding hydrogens is 470 g/mol. The summed E-state index contributed by atoms with van der Waals surface area (Å²) in [6, 6.07) is 1.50. The van der Waals surface area contributed by atoms with Crippen LogP contribution >= 0.6 is 33.9 Å². The Morgan fingerprint density at radius 2 is 2.04 bits per heavy atom. The number of nitrogens with zero attached hydrogens (tertiary/aromatic N) is 1. The number of rotatable bonds is 5. The van der Waals surface area contributed by atoms with Crippen molar-refractivity contribution in [2.75, 3.05) is 18.6 Å². The standard InChI is InChI=1S/C16H21F3INO3S/c1-9-3-5-10(6-4-9)14(22)21(8-16(17,18)19)11-7-12(20)25-13(11)15(23)24-2/h7,9-10,14,22H,3-6,8H2,1-2H3. The van der Waals surface area contributed by atoms with Gasteiger partial charge in [0.1, 0.15) is 17.6 Å². The summed E-state index contributed by atoms with van der Waals surface area (Å²) in [5, 5.41) is 10.7. The highest BCUT2D eigenvalue weighted by atomic mass is 127. The van der Waals surface area contributed by atoms with E-state index in [4.69, 9.17) is 0 Å². The van der Waals surface area contributed by atoms with Crippen molar-refractivity contribution < 1.29 is 27.8 Å². The summed E-state index contributed by atoms with van der Waals surface area (Å²) in [4.78, 5) is 12.9. The molecular formula is C16H21F3INO3S. The molecule has 0 radical (unpaired) electrons. The van der Waals surface area contributed by atoms with Gasteiger partial charge in [-0.25, -0.2) is 4.79 Å². The van der Waals surface area contributed by atoms with Crippen LogP contribution in [-0.4, -0.2) is 37.1 Å². The van der Waals surface area contributed by atoms with Crippen LogP contribution in [0.2, 0.25) is 0 Å². The largest absolute Gasteiger partial charge is 0.465 e. The van der Waals surface area contributed by atoms with Crippen LogP contribution in [0, 0.1) is 14.7 Å². The first-order chi connectivity index (χ1) is 11.6. The first-order valence-corrected chi connectivity index (χ1v) is 9.91. The normalized spacial score (nSPS) is 22.5. The Morgan fingerprint density at radius 3 is 2.56 bits per heavy atom. The van der Waals surface area contributed by atoms with Gasteiger partial charge in [-0.15, -0.1) is 11.3 Å². The molecule has 0 saturated heterocycles. The van der Waals surface area contributed by atoms with E-state index in [1.54, 1.807) is 0 Å². The molecule has 0 aromatic carbocycles. The smallest absolute Gasteiger partial charge is 0.406 e. The van der Waals surface area contributed by atoms with Gasteiger partial charge in [0.15, 0.2) is 0 Å². The molecule has 1 aliphatic carbocycles. The number of ether oxygens (including phenoxy) is 1. The van der Waals surface area contributed by atoms with Crippen LogP contribution in [0.4, 0.5) is 18.9 Å². The van der Waals surface area contributed by atoms with Crippen molar-refractivity contribution in [3.8, 4) is 0 Å². The van der Waals surface area contributed by atoms with Crippen molar-refractivity contribution in [3.63, 3.8) is 0 Å². The van der Waals surface area contributed by atoms with Crippen molar-refractivity contribution >= 4 is 45.6 Å². The number of esters is 1. The summed E-state index contributed by atoms with van der Waals surface area (Å²) in [7, 11) is 1.19. The molecule has 1 unspecified atom stereocenters. The molecule has 1 aliphatic rings. The zero-order valence-corrected chi connectivity index (χ0v) is 16.9. The molecule has 1 aromatic rings. The molecule has 25 heavy (non-hydrogen) atoms. The van der Waals surface area contributed by atoms with Crippen LogP contribution < -0.4 is 4.90 Å². The van der Waals surface area contributed by atoms with E-state index in [0.717, 1.165) is 29.1 Å². The van der Waals surface area contributed by atoms with Crippen LogP contribution in [0.15, 0.2) is 6.07 Å². The number of methoxy groups -OCH3 is 1. The maximum absolute atomic E-state index is 13.1. The Labute approximate surface area is 162 Å². The Morgan fingerprint density at radius 1 is 1.44 bits per heavy atom. The predicted molar refractivity (Wildman–Crippen MR) is 98.9 cm³/mol. The van der Waals surface area contributed by atoms with Gasteiger partial charge in [-0.05, 0) is 47.4 Å². The van der Waals surface area contributed by atoms with Crippen molar-refractivity contribution in [1.82, 2.24) is 0 Å². The molecule has 4 nitrogen and oxygen atoms in total. The third-order valence-corrected chi connectivity index (χ3v) is 6.38. The SMILES string of the molecule is COC(=O)c1sc(I)cc1N(CC(F)(F)F)C(O)C1CCC(C)CC1. The number of halogens is 4. The summed E-state index contributed by atoms with van der Waals surface area (Å²) >= 11 is 3.01. The average molecular weight is 491 g/mol. The summed E-state index contributed by atoms with van der Waals surface area (Å²) in [5.74, 6) is -0.423. The van der Waals surface area contributed by atoms with Crippen LogP contribution in [0.25, 0.3) is 0 Å². The molecule has 0 spiro atoms. The third-order valence-electron chi connectivity index (χ3n) is 4.51.